The molecule has 0 unspecified atom stereocenters. The van der Waals surface area contributed by atoms with Crippen molar-refractivity contribution in [2.45, 2.75) is 25.3 Å². The van der Waals surface area contributed by atoms with Crippen molar-refractivity contribution in [1.29, 1.82) is 0 Å². The van der Waals surface area contributed by atoms with Crippen LogP contribution in [-0.2, 0) is 6.54 Å². The summed E-state index contributed by atoms with van der Waals surface area (Å²) in [4.78, 5) is 0. The third-order valence-corrected chi connectivity index (χ3v) is 5.67. The fraction of sp³-hybridized carbons (Fsp3) is 0.300. The fourth-order valence-electron chi connectivity index (χ4n) is 3.67. The van der Waals surface area contributed by atoms with E-state index >= 15 is 0 Å². The van der Waals surface area contributed by atoms with Gasteiger partial charge >= 0.3 is 0 Å². The molecule has 0 spiro atoms. The van der Waals surface area contributed by atoms with E-state index in [1.807, 2.05) is 0 Å². The Morgan fingerprint density at radius 1 is 0.889 bits per heavy atom. The summed E-state index contributed by atoms with van der Waals surface area (Å²) in [5.74, 6) is 0.682. The fourth-order valence-corrected chi connectivity index (χ4v) is 4.08. The monoisotopic (exact) mass is 512 g/mol. The second kappa shape index (κ2) is 12.2. The van der Waals surface area contributed by atoms with Gasteiger partial charge in [0.25, 0.3) is 0 Å². The van der Waals surface area contributed by atoms with Gasteiger partial charge in [0.15, 0.2) is 0 Å². The molecule has 1 aliphatic rings. The predicted octanol–water partition coefficient (Wildman–Crippen LogP) is 6.61. The highest BCUT2D eigenvalue weighted by molar-refractivity contribution is 9.10. The second-order valence-electron chi connectivity index (χ2n) is 6.35. The Balaban J connectivity index is 0.00000169. The summed E-state index contributed by atoms with van der Waals surface area (Å²) in [5, 5.41) is 4.90. The van der Waals surface area contributed by atoms with Crippen LogP contribution in [0.1, 0.15) is 29.9 Å². The molecule has 2 heterocycles. The van der Waals surface area contributed by atoms with Crippen molar-refractivity contribution >= 4 is 76.5 Å². The Labute approximate surface area is 194 Å². The molecule has 0 saturated carbocycles. The molecular weight excluding hydrogens is 490 g/mol. The quantitative estimate of drug-likeness (QED) is 0.416. The first-order chi connectivity index (χ1) is 11.3. The molecule has 1 saturated heterocycles. The third-order valence-electron chi connectivity index (χ3n) is 4.90. The van der Waals surface area contributed by atoms with Gasteiger partial charge in [-0.3, -0.25) is 0 Å². The van der Waals surface area contributed by atoms with Gasteiger partial charge in [0, 0.05) is 28.1 Å². The van der Waals surface area contributed by atoms with E-state index < -0.39 is 0 Å². The van der Waals surface area contributed by atoms with E-state index in [0.29, 0.717) is 5.92 Å². The summed E-state index contributed by atoms with van der Waals surface area (Å²) in [6.45, 7) is 3.18. The first kappa shape index (κ1) is 26.6. The van der Waals surface area contributed by atoms with E-state index in [2.05, 4.69) is 80.5 Å². The molecule has 1 N–H and O–H groups in total. The van der Waals surface area contributed by atoms with E-state index in [4.69, 9.17) is 0 Å². The van der Waals surface area contributed by atoms with Crippen LogP contribution in [-0.4, -0.2) is 17.7 Å². The largest absolute Gasteiger partial charge is 0.343 e. The van der Waals surface area contributed by atoms with Crippen molar-refractivity contribution in [3.05, 3.63) is 70.3 Å². The van der Waals surface area contributed by atoms with Gasteiger partial charge in [-0.15, -0.1) is 49.6 Å². The number of rotatable bonds is 3. The summed E-state index contributed by atoms with van der Waals surface area (Å²) < 4.78 is 3.59. The number of nitrogens with one attached hydrogen (secondary N) is 1. The van der Waals surface area contributed by atoms with E-state index in [1.165, 1.54) is 39.3 Å². The normalized spacial score (nSPS) is 13.7. The minimum atomic E-state index is 0. The highest BCUT2D eigenvalue weighted by Crippen LogP contribution is 2.33. The van der Waals surface area contributed by atoms with Gasteiger partial charge < -0.3 is 9.88 Å². The number of para-hydroxylation sites is 1. The van der Waals surface area contributed by atoms with E-state index in [-0.39, 0.29) is 49.6 Å². The summed E-state index contributed by atoms with van der Waals surface area (Å²) in [5.41, 5.74) is 4.19. The maximum absolute atomic E-state index is 3.68. The van der Waals surface area contributed by atoms with Gasteiger partial charge in [0.2, 0.25) is 0 Å². The van der Waals surface area contributed by atoms with Crippen LogP contribution in [0.2, 0.25) is 0 Å². The van der Waals surface area contributed by atoms with Crippen molar-refractivity contribution in [2.24, 2.45) is 0 Å². The first-order valence-electron chi connectivity index (χ1n) is 8.35. The number of piperidine rings is 1. The molecule has 0 radical (unpaired) electrons. The SMILES string of the molecule is Brc1ccccc1Cn1cc(C2CCNCC2)c2ccccc21.Cl.Cl.Cl.Cl. The van der Waals surface area contributed by atoms with E-state index in [0.717, 1.165) is 19.6 Å². The van der Waals surface area contributed by atoms with Crippen LogP contribution in [0.5, 0.6) is 0 Å². The minimum Gasteiger partial charge on any atom is -0.343 e. The third kappa shape index (κ3) is 5.79. The molecule has 0 amide bonds. The van der Waals surface area contributed by atoms with Gasteiger partial charge in [-0.1, -0.05) is 52.3 Å². The van der Waals surface area contributed by atoms with Gasteiger partial charge in [0.1, 0.15) is 0 Å². The summed E-state index contributed by atoms with van der Waals surface area (Å²) in [6.07, 6.45) is 4.87. The van der Waals surface area contributed by atoms with Gasteiger partial charge in [-0.25, -0.2) is 0 Å². The Morgan fingerprint density at radius 2 is 1.52 bits per heavy atom. The van der Waals surface area contributed by atoms with Gasteiger partial charge in [-0.05, 0) is 55.1 Å². The number of hydrogen-bond acceptors (Lipinski definition) is 1. The van der Waals surface area contributed by atoms with Crippen molar-refractivity contribution in [3.63, 3.8) is 0 Å². The van der Waals surface area contributed by atoms with Crippen LogP contribution in [0.4, 0.5) is 0 Å². The Kier molecular flexibility index (Phi) is 12.0. The number of benzene rings is 2. The molecule has 0 atom stereocenters. The molecule has 27 heavy (non-hydrogen) atoms. The van der Waals surface area contributed by atoms with Crippen molar-refractivity contribution in [1.82, 2.24) is 9.88 Å². The molecule has 150 valence electrons. The molecule has 2 nitrogen and oxygen atoms in total. The summed E-state index contributed by atoms with van der Waals surface area (Å²) in [7, 11) is 0. The van der Waals surface area contributed by atoms with Crippen molar-refractivity contribution < 1.29 is 0 Å². The molecule has 4 rings (SSSR count). The van der Waals surface area contributed by atoms with E-state index in [9.17, 15) is 0 Å². The lowest BCUT2D eigenvalue weighted by Gasteiger charge is -2.22. The molecule has 0 bridgehead atoms. The Morgan fingerprint density at radius 3 is 2.22 bits per heavy atom. The van der Waals surface area contributed by atoms with Gasteiger partial charge in [0.05, 0.1) is 0 Å². The molecule has 1 aliphatic heterocycles. The molecule has 1 aromatic heterocycles. The molecular formula is C20H25BrCl4N2. The lowest BCUT2D eigenvalue weighted by atomic mass is 9.90. The standard InChI is InChI=1S/C20H21BrN2.4ClH/c21-19-7-3-1-5-16(19)13-23-14-18(15-9-11-22-12-10-15)17-6-2-4-8-20(17)23;;;;/h1-8,14-15,22H,9-13H2;4*1H. The maximum atomic E-state index is 3.68. The van der Waals surface area contributed by atoms with Crippen LogP contribution < -0.4 is 5.32 Å². The minimum absolute atomic E-state index is 0. The first-order valence-corrected chi connectivity index (χ1v) is 9.14. The number of halogens is 5. The zero-order valence-electron chi connectivity index (χ0n) is 14.8. The predicted molar refractivity (Wildman–Crippen MR) is 129 cm³/mol. The van der Waals surface area contributed by atoms with Crippen LogP contribution in [0.3, 0.4) is 0 Å². The average molecular weight is 515 g/mol. The molecule has 7 heteroatoms. The zero-order chi connectivity index (χ0) is 15.6. The van der Waals surface area contributed by atoms with Gasteiger partial charge in [-0.2, -0.15) is 0 Å². The van der Waals surface area contributed by atoms with Crippen LogP contribution in [0, 0.1) is 0 Å². The number of aromatic nitrogens is 1. The average Bonchev–Trinajstić information content (AvgIpc) is 2.97. The van der Waals surface area contributed by atoms with Crippen molar-refractivity contribution in [3.8, 4) is 0 Å². The zero-order valence-corrected chi connectivity index (χ0v) is 19.6. The molecule has 1 fully saturated rings. The highest BCUT2D eigenvalue weighted by atomic mass is 79.9. The molecule has 3 aromatic rings. The molecule has 0 aliphatic carbocycles. The smallest absolute Gasteiger partial charge is 0.0487 e. The van der Waals surface area contributed by atoms with Crippen LogP contribution in [0.25, 0.3) is 10.9 Å². The maximum Gasteiger partial charge on any atom is 0.0487 e. The molecule has 2 aromatic carbocycles. The topological polar surface area (TPSA) is 17.0 Å². The van der Waals surface area contributed by atoms with E-state index in [1.54, 1.807) is 0 Å². The Hall–Kier alpha value is -0.420. The summed E-state index contributed by atoms with van der Waals surface area (Å²) >= 11 is 3.68. The number of fused-ring (bicyclic) bond motifs is 1. The second-order valence-corrected chi connectivity index (χ2v) is 7.20. The number of nitrogens with zero attached hydrogens (tertiary/aromatic N) is 1. The number of hydrogen-bond donors (Lipinski definition) is 1. The summed E-state index contributed by atoms with van der Waals surface area (Å²) in [6, 6.07) is 17.3. The highest BCUT2D eigenvalue weighted by Gasteiger charge is 2.20. The Bertz CT molecular complexity index is 832. The van der Waals surface area contributed by atoms with Crippen LogP contribution >= 0.6 is 65.6 Å². The lowest BCUT2D eigenvalue weighted by Crippen LogP contribution is -2.26. The lowest BCUT2D eigenvalue weighted by molar-refractivity contribution is 0.461. The van der Waals surface area contributed by atoms with Crippen LogP contribution in [0.15, 0.2) is 59.2 Å². The van der Waals surface area contributed by atoms with Crippen molar-refractivity contribution in [2.75, 3.05) is 13.1 Å².